The van der Waals surface area contributed by atoms with E-state index in [0.29, 0.717) is 22.7 Å². The molecule has 7 nitrogen and oxygen atoms in total. The molecule has 0 saturated carbocycles. The molecule has 8 heteroatoms. The van der Waals surface area contributed by atoms with Crippen molar-refractivity contribution in [1.82, 2.24) is 4.90 Å². The molecular formula is C23H19ClN2O5. The Labute approximate surface area is 184 Å². The number of carbonyl (C=O) groups excluding carboxylic acids is 3. The maximum absolute atomic E-state index is 12.5. The maximum Gasteiger partial charge on any atom is 0.339 e. The first-order valence-corrected chi connectivity index (χ1v) is 9.78. The van der Waals surface area contributed by atoms with E-state index < -0.39 is 17.8 Å². The van der Waals surface area contributed by atoms with Gasteiger partial charge in [-0.15, -0.1) is 0 Å². The van der Waals surface area contributed by atoms with E-state index in [1.807, 2.05) is 6.07 Å². The SMILES string of the molecule is CC1=C(C#N)C(=O)N(C)C(=O)/C1=C/c1ccc(-c2ccc(Cl)c(C(=O)OC(C)C)c2)o1. The van der Waals surface area contributed by atoms with Crippen LogP contribution in [0.3, 0.4) is 0 Å². The van der Waals surface area contributed by atoms with Gasteiger partial charge in [-0.1, -0.05) is 11.6 Å². The molecule has 31 heavy (non-hydrogen) atoms. The number of hydrogen-bond acceptors (Lipinski definition) is 6. The van der Waals surface area contributed by atoms with Crippen LogP contribution < -0.4 is 0 Å². The van der Waals surface area contributed by atoms with Crippen LogP contribution in [0.25, 0.3) is 17.4 Å². The second-order valence-electron chi connectivity index (χ2n) is 7.19. The highest BCUT2D eigenvalue weighted by atomic mass is 35.5. The van der Waals surface area contributed by atoms with Crippen LogP contribution in [-0.2, 0) is 14.3 Å². The van der Waals surface area contributed by atoms with E-state index in [-0.39, 0.29) is 27.8 Å². The van der Waals surface area contributed by atoms with Gasteiger partial charge in [0.05, 0.1) is 16.7 Å². The molecule has 0 unspecified atom stereocenters. The quantitative estimate of drug-likeness (QED) is 0.398. The Morgan fingerprint density at radius 2 is 1.94 bits per heavy atom. The summed E-state index contributed by atoms with van der Waals surface area (Å²) < 4.78 is 11.0. The summed E-state index contributed by atoms with van der Waals surface area (Å²) in [7, 11) is 1.32. The first-order chi connectivity index (χ1) is 14.6. The van der Waals surface area contributed by atoms with E-state index in [0.717, 1.165) is 4.90 Å². The number of nitrogens with zero attached hydrogens (tertiary/aromatic N) is 2. The summed E-state index contributed by atoms with van der Waals surface area (Å²) in [4.78, 5) is 37.8. The fourth-order valence-corrected chi connectivity index (χ4v) is 3.23. The zero-order valence-electron chi connectivity index (χ0n) is 17.4. The Bertz CT molecular complexity index is 1200. The van der Waals surface area contributed by atoms with E-state index in [1.165, 1.54) is 13.1 Å². The summed E-state index contributed by atoms with van der Waals surface area (Å²) >= 11 is 6.14. The van der Waals surface area contributed by atoms with Gasteiger partial charge in [0.15, 0.2) is 0 Å². The number of esters is 1. The summed E-state index contributed by atoms with van der Waals surface area (Å²) in [5, 5.41) is 9.51. The molecule has 2 amide bonds. The number of halogens is 1. The number of nitriles is 1. The van der Waals surface area contributed by atoms with Crippen molar-refractivity contribution in [2.24, 2.45) is 0 Å². The molecule has 1 aliphatic rings. The Hall–Kier alpha value is -3.63. The van der Waals surface area contributed by atoms with Gasteiger partial charge in [0.2, 0.25) is 0 Å². The number of carbonyl (C=O) groups is 3. The van der Waals surface area contributed by atoms with Crippen LogP contribution in [0.1, 0.15) is 36.9 Å². The second-order valence-corrected chi connectivity index (χ2v) is 7.60. The lowest BCUT2D eigenvalue weighted by atomic mass is 9.95. The lowest BCUT2D eigenvalue weighted by Crippen LogP contribution is -2.39. The average Bonchev–Trinajstić information content (AvgIpc) is 3.18. The molecule has 0 aliphatic carbocycles. The third kappa shape index (κ3) is 4.30. The molecule has 1 aromatic carbocycles. The van der Waals surface area contributed by atoms with E-state index in [9.17, 15) is 19.6 Å². The van der Waals surface area contributed by atoms with Crippen molar-refractivity contribution >= 4 is 35.5 Å². The number of benzene rings is 1. The molecule has 3 rings (SSSR count). The monoisotopic (exact) mass is 438 g/mol. The number of amides is 2. The van der Waals surface area contributed by atoms with Gasteiger partial charge >= 0.3 is 5.97 Å². The van der Waals surface area contributed by atoms with Crippen LogP contribution in [0.5, 0.6) is 0 Å². The third-order valence-corrected chi connectivity index (χ3v) is 5.00. The molecule has 1 aromatic heterocycles. The van der Waals surface area contributed by atoms with E-state index in [2.05, 4.69) is 0 Å². The number of ether oxygens (including phenoxy) is 1. The normalized spacial score (nSPS) is 15.6. The molecular weight excluding hydrogens is 420 g/mol. The molecule has 0 atom stereocenters. The molecule has 0 spiro atoms. The Kier molecular flexibility index (Phi) is 6.14. The minimum absolute atomic E-state index is 0.0915. The minimum Gasteiger partial charge on any atom is -0.459 e. The fourth-order valence-electron chi connectivity index (χ4n) is 3.04. The van der Waals surface area contributed by atoms with E-state index in [1.54, 1.807) is 51.1 Å². The second kappa shape index (κ2) is 8.62. The van der Waals surface area contributed by atoms with Crippen molar-refractivity contribution in [3.63, 3.8) is 0 Å². The number of furan rings is 1. The maximum atomic E-state index is 12.5. The smallest absolute Gasteiger partial charge is 0.339 e. The van der Waals surface area contributed by atoms with Crippen molar-refractivity contribution < 1.29 is 23.5 Å². The fraction of sp³-hybridized carbons (Fsp3) is 0.217. The molecule has 2 heterocycles. The van der Waals surface area contributed by atoms with Crippen LogP contribution >= 0.6 is 11.6 Å². The van der Waals surface area contributed by atoms with Crippen molar-refractivity contribution in [1.29, 1.82) is 5.26 Å². The van der Waals surface area contributed by atoms with Crippen molar-refractivity contribution in [3.05, 3.63) is 63.4 Å². The van der Waals surface area contributed by atoms with Gasteiger partial charge in [0.25, 0.3) is 11.8 Å². The number of likely N-dealkylation sites (N-methyl/N-ethyl adjacent to an activating group) is 1. The average molecular weight is 439 g/mol. The Morgan fingerprint density at radius 3 is 2.58 bits per heavy atom. The number of hydrogen-bond donors (Lipinski definition) is 0. The highest BCUT2D eigenvalue weighted by Crippen LogP contribution is 2.30. The van der Waals surface area contributed by atoms with Gasteiger partial charge in [-0.2, -0.15) is 5.26 Å². The highest BCUT2D eigenvalue weighted by Gasteiger charge is 2.33. The third-order valence-electron chi connectivity index (χ3n) is 4.67. The minimum atomic E-state index is -0.635. The molecule has 0 fully saturated rings. The van der Waals surface area contributed by atoms with Crippen molar-refractivity contribution in [2.75, 3.05) is 7.05 Å². The molecule has 0 N–H and O–H groups in total. The van der Waals surface area contributed by atoms with Crippen LogP contribution in [0.2, 0.25) is 5.02 Å². The van der Waals surface area contributed by atoms with Gasteiger partial charge in [-0.05, 0) is 62.8 Å². The van der Waals surface area contributed by atoms with Gasteiger partial charge in [-0.3, -0.25) is 14.5 Å². The standard InChI is InChI=1S/C23H19ClN2O5/c1-12(2)30-23(29)17-9-14(5-7-19(17)24)20-8-6-15(31-20)10-16-13(3)18(11-25)22(28)26(4)21(16)27/h5-10,12H,1-4H3/b16-10+. The van der Waals surface area contributed by atoms with Crippen LogP contribution in [0.15, 0.2) is 51.5 Å². The molecule has 0 saturated heterocycles. The van der Waals surface area contributed by atoms with Crippen LogP contribution in [0.4, 0.5) is 0 Å². The largest absolute Gasteiger partial charge is 0.459 e. The summed E-state index contributed by atoms with van der Waals surface area (Å²) in [5.74, 6) is -0.911. The van der Waals surface area contributed by atoms with Gasteiger partial charge in [0.1, 0.15) is 23.2 Å². The summed E-state index contributed by atoms with van der Waals surface area (Å²) in [6.07, 6.45) is 1.19. The van der Waals surface area contributed by atoms with Crippen molar-refractivity contribution in [2.45, 2.75) is 26.9 Å². The number of rotatable bonds is 4. The predicted molar refractivity (Wildman–Crippen MR) is 114 cm³/mol. The van der Waals surface area contributed by atoms with Gasteiger partial charge in [-0.25, -0.2) is 4.79 Å². The molecule has 2 aromatic rings. The van der Waals surface area contributed by atoms with Gasteiger partial charge in [0, 0.05) is 18.2 Å². The Morgan fingerprint density at radius 1 is 1.23 bits per heavy atom. The topological polar surface area (TPSA) is 101 Å². The van der Waals surface area contributed by atoms with Crippen LogP contribution in [-0.4, -0.2) is 35.8 Å². The lowest BCUT2D eigenvalue weighted by Gasteiger charge is -2.23. The summed E-state index contributed by atoms with van der Waals surface area (Å²) in [6, 6.07) is 10.0. The molecule has 158 valence electrons. The van der Waals surface area contributed by atoms with E-state index in [4.69, 9.17) is 20.8 Å². The highest BCUT2D eigenvalue weighted by molar-refractivity contribution is 6.33. The van der Waals surface area contributed by atoms with Crippen LogP contribution in [0, 0.1) is 11.3 Å². The van der Waals surface area contributed by atoms with Gasteiger partial charge < -0.3 is 9.15 Å². The molecule has 0 radical (unpaired) electrons. The predicted octanol–water partition coefficient (Wildman–Crippen LogP) is 4.39. The molecule has 0 bridgehead atoms. The van der Waals surface area contributed by atoms with E-state index >= 15 is 0 Å². The summed E-state index contributed by atoms with van der Waals surface area (Å²) in [6.45, 7) is 5.03. The zero-order chi connectivity index (χ0) is 22.9. The van der Waals surface area contributed by atoms with Crippen molar-refractivity contribution in [3.8, 4) is 17.4 Å². The first kappa shape index (κ1) is 22.1. The number of imide groups is 1. The Balaban J connectivity index is 1.98. The lowest BCUT2D eigenvalue weighted by molar-refractivity contribution is -0.138. The molecule has 1 aliphatic heterocycles. The zero-order valence-corrected chi connectivity index (χ0v) is 18.1. The summed E-state index contributed by atoms with van der Waals surface area (Å²) in [5.41, 5.74) is 1.20. The first-order valence-electron chi connectivity index (χ1n) is 9.40.